The molecule has 1 saturated heterocycles. The molecule has 4 nitrogen and oxygen atoms in total. The summed E-state index contributed by atoms with van der Waals surface area (Å²) in [4.78, 5) is 13.4. The molecule has 0 radical (unpaired) electrons. The Morgan fingerprint density at radius 2 is 1.88 bits per heavy atom. The summed E-state index contributed by atoms with van der Waals surface area (Å²) < 4.78 is 48.9. The van der Waals surface area contributed by atoms with E-state index in [0.717, 1.165) is 12.1 Å². The second-order valence-electron chi connectivity index (χ2n) is 7.11. The summed E-state index contributed by atoms with van der Waals surface area (Å²) >= 11 is 5.89. The Hall–Kier alpha value is -1.63. The Labute approximate surface area is 149 Å². The summed E-state index contributed by atoms with van der Waals surface area (Å²) in [6, 6.07) is 2.99. The van der Waals surface area contributed by atoms with E-state index in [0.29, 0.717) is 13.1 Å². The summed E-state index contributed by atoms with van der Waals surface area (Å²) in [5.74, 6) is 0.253. The van der Waals surface area contributed by atoms with Crippen molar-refractivity contribution in [3.05, 3.63) is 28.8 Å². The molecule has 1 aliphatic rings. The number of alkyl halides is 3. The number of hydrogen-bond acceptors (Lipinski definition) is 3. The van der Waals surface area contributed by atoms with E-state index in [1.165, 1.54) is 6.07 Å². The molecule has 8 heteroatoms. The molecule has 0 saturated carbocycles. The van der Waals surface area contributed by atoms with Gasteiger partial charge in [0.05, 0.1) is 10.6 Å². The number of carbonyl (C=O) groups excluding carboxylic acids is 1. The number of likely N-dealkylation sites (tertiary alicyclic amines) is 1. The average molecular weight is 380 g/mol. The molecule has 25 heavy (non-hydrogen) atoms. The maximum absolute atomic E-state index is 12.6. The molecule has 0 bridgehead atoms. The van der Waals surface area contributed by atoms with Crippen LogP contribution in [0.5, 0.6) is 5.75 Å². The molecule has 1 amide bonds. The maximum Gasteiger partial charge on any atom is 0.416 e. The third-order valence-corrected chi connectivity index (χ3v) is 4.09. The van der Waals surface area contributed by atoms with E-state index in [9.17, 15) is 18.0 Å². The van der Waals surface area contributed by atoms with Gasteiger partial charge >= 0.3 is 12.3 Å². The number of hydrogen-bond donors (Lipinski definition) is 0. The largest absolute Gasteiger partial charge is 0.489 e. The van der Waals surface area contributed by atoms with Gasteiger partial charge in [0.1, 0.15) is 17.5 Å². The van der Waals surface area contributed by atoms with Crippen molar-refractivity contribution in [1.82, 2.24) is 4.90 Å². The number of halogens is 4. The van der Waals surface area contributed by atoms with Crippen molar-refractivity contribution in [3.8, 4) is 5.75 Å². The number of amides is 1. The molecule has 1 aliphatic heterocycles. The van der Waals surface area contributed by atoms with Crippen molar-refractivity contribution in [2.75, 3.05) is 13.1 Å². The number of rotatable bonds is 3. The second-order valence-corrected chi connectivity index (χ2v) is 7.52. The van der Waals surface area contributed by atoms with Crippen molar-refractivity contribution in [2.45, 2.75) is 45.6 Å². The van der Waals surface area contributed by atoms with Gasteiger partial charge in [-0.05, 0) is 45.9 Å². The summed E-state index contributed by atoms with van der Waals surface area (Å²) in [6.45, 7) is 8.11. The topological polar surface area (TPSA) is 38.8 Å². The zero-order valence-electron chi connectivity index (χ0n) is 14.5. The molecule has 1 aromatic carbocycles. The predicted octanol–water partition coefficient (Wildman–Crippen LogP) is 4.99. The normalized spacial score (nSPS) is 17.0. The standard InChI is InChI=1S/C17H21ClF3NO3/c1-10(11-8-22(9-11)15(23)25-16(2,3)4)24-14-6-5-12(7-13(14)18)17(19,20)21/h5-7,10-11H,8-9H2,1-4H3. The molecular formula is C17H21ClF3NO3. The van der Waals surface area contributed by atoms with Crippen molar-refractivity contribution in [1.29, 1.82) is 0 Å². The molecule has 0 aliphatic carbocycles. The molecule has 140 valence electrons. The van der Waals surface area contributed by atoms with Crippen LogP contribution in [0.4, 0.5) is 18.0 Å². The van der Waals surface area contributed by atoms with Gasteiger partial charge in [0, 0.05) is 19.0 Å². The molecule has 1 unspecified atom stereocenters. The first-order chi connectivity index (χ1) is 11.4. The number of carbonyl (C=O) groups is 1. The van der Waals surface area contributed by atoms with Crippen LogP contribution in [0.25, 0.3) is 0 Å². The Morgan fingerprint density at radius 3 is 2.36 bits per heavy atom. The van der Waals surface area contributed by atoms with Crippen LogP contribution in [-0.2, 0) is 10.9 Å². The SMILES string of the molecule is CC(Oc1ccc(C(F)(F)F)cc1Cl)C1CN(C(=O)OC(C)(C)C)C1. The zero-order valence-corrected chi connectivity index (χ0v) is 15.2. The monoisotopic (exact) mass is 379 g/mol. The highest BCUT2D eigenvalue weighted by atomic mass is 35.5. The van der Waals surface area contributed by atoms with Crippen molar-refractivity contribution >= 4 is 17.7 Å². The number of nitrogens with zero attached hydrogens (tertiary/aromatic N) is 1. The smallest absolute Gasteiger partial charge is 0.416 e. The van der Waals surface area contributed by atoms with Crippen LogP contribution in [0.3, 0.4) is 0 Å². The molecule has 0 aromatic heterocycles. The Morgan fingerprint density at radius 1 is 1.28 bits per heavy atom. The van der Waals surface area contributed by atoms with Gasteiger partial charge in [-0.25, -0.2) is 4.79 Å². The third-order valence-electron chi connectivity index (χ3n) is 3.80. The van der Waals surface area contributed by atoms with Crippen molar-refractivity contribution in [2.24, 2.45) is 5.92 Å². The average Bonchev–Trinajstić information content (AvgIpc) is 2.35. The fourth-order valence-corrected chi connectivity index (χ4v) is 2.58. The predicted molar refractivity (Wildman–Crippen MR) is 87.8 cm³/mol. The number of benzene rings is 1. The quantitative estimate of drug-likeness (QED) is 0.742. The lowest BCUT2D eigenvalue weighted by molar-refractivity contribution is -0.137. The minimum Gasteiger partial charge on any atom is -0.489 e. The van der Waals surface area contributed by atoms with E-state index in [1.807, 2.05) is 0 Å². The van der Waals surface area contributed by atoms with Gasteiger partial charge in [-0.2, -0.15) is 13.2 Å². The first-order valence-electron chi connectivity index (χ1n) is 7.88. The van der Waals surface area contributed by atoms with E-state index >= 15 is 0 Å². The minimum absolute atomic E-state index is 0.0610. The highest BCUT2D eigenvalue weighted by Crippen LogP contribution is 2.36. The van der Waals surface area contributed by atoms with Gasteiger partial charge in [0.2, 0.25) is 0 Å². The third kappa shape index (κ3) is 5.17. The van der Waals surface area contributed by atoms with Gasteiger partial charge in [-0.15, -0.1) is 0 Å². The van der Waals surface area contributed by atoms with Crippen LogP contribution in [0.1, 0.15) is 33.3 Å². The molecule has 1 atom stereocenters. The fourth-order valence-electron chi connectivity index (χ4n) is 2.35. The summed E-state index contributed by atoms with van der Waals surface area (Å²) in [6.07, 6.45) is -5.13. The minimum atomic E-state index is -4.45. The lowest BCUT2D eigenvalue weighted by Gasteiger charge is -2.42. The lowest BCUT2D eigenvalue weighted by Crippen LogP contribution is -2.55. The maximum atomic E-state index is 12.6. The van der Waals surface area contributed by atoms with Crippen molar-refractivity contribution in [3.63, 3.8) is 0 Å². The van der Waals surface area contributed by atoms with Crippen molar-refractivity contribution < 1.29 is 27.4 Å². The van der Waals surface area contributed by atoms with Gasteiger partial charge in [0.25, 0.3) is 0 Å². The summed E-state index contributed by atoms with van der Waals surface area (Å²) in [5, 5.41) is -0.0926. The molecular weight excluding hydrogens is 359 g/mol. The molecule has 0 N–H and O–H groups in total. The van der Waals surface area contributed by atoms with Crippen LogP contribution in [0.15, 0.2) is 18.2 Å². The second kappa shape index (κ2) is 6.94. The zero-order chi connectivity index (χ0) is 19.0. The lowest BCUT2D eigenvalue weighted by atomic mass is 9.95. The first-order valence-corrected chi connectivity index (χ1v) is 8.26. The number of ether oxygens (including phenoxy) is 2. The summed E-state index contributed by atoms with van der Waals surface area (Å²) in [7, 11) is 0. The van der Waals surface area contributed by atoms with E-state index in [-0.39, 0.29) is 28.9 Å². The fraction of sp³-hybridized carbons (Fsp3) is 0.588. The molecule has 1 aromatic rings. The van der Waals surface area contributed by atoms with Gasteiger partial charge in [-0.3, -0.25) is 0 Å². The van der Waals surface area contributed by atoms with E-state index < -0.39 is 17.3 Å². The summed E-state index contributed by atoms with van der Waals surface area (Å²) in [5.41, 5.74) is -1.38. The Kier molecular flexibility index (Phi) is 5.47. The Bertz CT molecular complexity index is 637. The Balaban J connectivity index is 1.90. The first kappa shape index (κ1) is 19.7. The molecule has 2 rings (SSSR count). The van der Waals surface area contributed by atoms with Crippen LogP contribution >= 0.6 is 11.6 Å². The highest BCUT2D eigenvalue weighted by Gasteiger charge is 2.38. The highest BCUT2D eigenvalue weighted by molar-refractivity contribution is 6.32. The van der Waals surface area contributed by atoms with Crippen LogP contribution in [0, 0.1) is 5.92 Å². The van der Waals surface area contributed by atoms with E-state index in [4.69, 9.17) is 21.1 Å². The van der Waals surface area contributed by atoms with Crippen LogP contribution in [-0.4, -0.2) is 35.8 Å². The van der Waals surface area contributed by atoms with E-state index in [1.54, 1.807) is 32.6 Å². The van der Waals surface area contributed by atoms with Crippen LogP contribution < -0.4 is 4.74 Å². The van der Waals surface area contributed by atoms with Gasteiger partial charge in [0.15, 0.2) is 0 Å². The van der Waals surface area contributed by atoms with Gasteiger partial charge in [-0.1, -0.05) is 11.6 Å². The van der Waals surface area contributed by atoms with Crippen LogP contribution in [0.2, 0.25) is 5.02 Å². The molecule has 1 fully saturated rings. The molecule has 1 heterocycles. The van der Waals surface area contributed by atoms with E-state index in [2.05, 4.69) is 0 Å². The molecule has 0 spiro atoms. The van der Waals surface area contributed by atoms with Gasteiger partial charge < -0.3 is 14.4 Å².